The number of aromatic nitrogens is 1. The second-order valence-electron chi connectivity index (χ2n) is 6.40. The van der Waals surface area contributed by atoms with Crippen LogP contribution in [0.5, 0.6) is 11.5 Å². The Morgan fingerprint density at radius 2 is 1.79 bits per heavy atom. The molecule has 0 radical (unpaired) electrons. The van der Waals surface area contributed by atoms with Crippen molar-refractivity contribution in [3.05, 3.63) is 76.9 Å². The van der Waals surface area contributed by atoms with E-state index in [9.17, 15) is 9.18 Å². The molecule has 0 bridgehead atoms. The fourth-order valence-electron chi connectivity index (χ4n) is 3.11. The molecule has 0 aliphatic rings. The van der Waals surface area contributed by atoms with Crippen LogP contribution < -0.4 is 14.9 Å². The lowest BCUT2D eigenvalue weighted by Gasteiger charge is -2.09. The number of benzene rings is 2. The fraction of sp³-hybridized carbons (Fsp3) is 0.182. The maximum atomic E-state index is 13.2. The van der Waals surface area contributed by atoms with Crippen LogP contribution in [0.3, 0.4) is 0 Å². The van der Waals surface area contributed by atoms with Crippen LogP contribution in [0.15, 0.2) is 53.6 Å². The first-order chi connectivity index (χ1) is 13.9. The zero-order valence-corrected chi connectivity index (χ0v) is 16.7. The third kappa shape index (κ3) is 4.29. The van der Waals surface area contributed by atoms with Gasteiger partial charge in [-0.25, -0.2) is 9.82 Å². The Hall–Kier alpha value is -3.61. The first-order valence-corrected chi connectivity index (χ1v) is 8.95. The van der Waals surface area contributed by atoms with Gasteiger partial charge in [0.15, 0.2) is 0 Å². The summed E-state index contributed by atoms with van der Waals surface area (Å²) in [7, 11) is 3.03. The minimum Gasteiger partial charge on any atom is -0.497 e. The molecule has 150 valence electrons. The molecule has 0 saturated carbocycles. The highest BCUT2D eigenvalue weighted by Crippen LogP contribution is 2.24. The minimum absolute atomic E-state index is 0.283. The van der Waals surface area contributed by atoms with Crippen molar-refractivity contribution >= 4 is 12.1 Å². The van der Waals surface area contributed by atoms with Gasteiger partial charge < -0.3 is 14.0 Å². The Balaban J connectivity index is 1.78. The fourth-order valence-corrected chi connectivity index (χ4v) is 3.11. The molecular weight excluding hydrogens is 373 g/mol. The molecule has 1 aromatic heterocycles. The smallest absolute Gasteiger partial charge is 0.275 e. The van der Waals surface area contributed by atoms with E-state index in [2.05, 4.69) is 10.5 Å². The number of carbonyl (C=O) groups is 1. The minimum atomic E-state index is -0.395. The van der Waals surface area contributed by atoms with E-state index < -0.39 is 5.91 Å². The molecule has 0 saturated heterocycles. The molecule has 0 unspecified atom stereocenters. The van der Waals surface area contributed by atoms with Crippen molar-refractivity contribution in [1.29, 1.82) is 0 Å². The molecule has 1 heterocycles. The molecule has 0 fully saturated rings. The molecule has 3 aromatic rings. The average Bonchev–Trinajstić information content (AvgIpc) is 3.01. The van der Waals surface area contributed by atoms with Crippen molar-refractivity contribution < 1.29 is 18.7 Å². The topological polar surface area (TPSA) is 64.8 Å². The molecule has 2 aromatic carbocycles. The molecule has 1 amide bonds. The number of hydrogen-bond acceptors (Lipinski definition) is 4. The lowest BCUT2D eigenvalue weighted by atomic mass is 10.2. The third-order valence-corrected chi connectivity index (χ3v) is 4.58. The van der Waals surface area contributed by atoms with Crippen molar-refractivity contribution in [2.75, 3.05) is 14.2 Å². The number of nitrogens with one attached hydrogen (secondary N) is 1. The average molecular weight is 395 g/mol. The van der Waals surface area contributed by atoms with Crippen LogP contribution >= 0.6 is 0 Å². The number of nitrogens with zero attached hydrogens (tertiary/aromatic N) is 2. The van der Waals surface area contributed by atoms with Crippen LogP contribution in [0.1, 0.15) is 27.3 Å². The van der Waals surface area contributed by atoms with Crippen molar-refractivity contribution in [3.8, 4) is 17.2 Å². The second kappa shape index (κ2) is 8.60. The van der Waals surface area contributed by atoms with Gasteiger partial charge in [0, 0.05) is 28.7 Å². The molecule has 6 nitrogen and oxygen atoms in total. The predicted molar refractivity (Wildman–Crippen MR) is 110 cm³/mol. The third-order valence-electron chi connectivity index (χ3n) is 4.58. The van der Waals surface area contributed by atoms with Crippen LogP contribution in [-0.2, 0) is 0 Å². The molecule has 0 spiro atoms. The summed E-state index contributed by atoms with van der Waals surface area (Å²) in [6, 6.07) is 13.1. The van der Waals surface area contributed by atoms with Gasteiger partial charge >= 0.3 is 0 Å². The van der Waals surface area contributed by atoms with E-state index in [0.29, 0.717) is 17.1 Å². The SMILES string of the molecule is COc1ccc(C(=O)N/N=C\c2cc(C)n(-c3ccc(F)cc3)c2C)c(OC)c1. The van der Waals surface area contributed by atoms with Gasteiger partial charge in [-0.3, -0.25) is 4.79 Å². The quantitative estimate of drug-likeness (QED) is 0.507. The highest BCUT2D eigenvalue weighted by molar-refractivity contribution is 5.97. The summed E-state index contributed by atoms with van der Waals surface area (Å²) in [5, 5.41) is 4.07. The van der Waals surface area contributed by atoms with Gasteiger partial charge in [-0.05, 0) is 56.3 Å². The summed E-state index contributed by atoms with van der Waals surface area (Å²) in [5.41, 5.74) is 6.46. The van der Waals surface area contributed by atoms with Gasteiger partial charge in [-0.2, -0.15) is 5.10 Å². The predicted octanol–water partition coefficient (Wildman–Crippen LogP) is 4.01. The number of carbonyl (C=O) groups excluding carboxylic acids is 1. The maximum Gasteiger partial charge on any atom is 0.275 e. The molecule has 0 aliphatic carbocycles. The van der Waals surface area contributed by atoms with E-state index in [0.717, 1.165) is 22.6 Å². The van der Waals surface area contributed by atoms with Crippen LogP contribution in [0.25, 0.3) is 5.69 Å². The Morgan fingerprint density at radius 1 is 1.07 bits per heavy atom. The van der Waals surface area contributed by atoms with Crippen molar-refractivity contribution in [3.63, 3.8) is 0 Å². The highest BCUT2D eigenvalue weighted by Gasteiger charge is 2.13. The van der Waals surface area contributed by atoms with Crippen molar-refractivity contribution in [1.82, 2.24) is 9.99 Å². The van der Waals surface area contributed by atoms with Gasteiger partial charge in [0.05, 0.1) is 26.0 Å². The summed E-state index contributed by atoms with van der Waals surface area (Å²) in [4.78, 5) is 12.4. The summed E-state index contributed by atoms with van der Waals surface area (Å²) < 4.78 is 25.6. The summed E-state index contributed by atoms with van der Waals surface area (Å²) >= 11 is 0. The number of amides is 1. The summed E-state index contributed by atoms with van der Waals surface area (Å²) in [5.74, 6) is 0.310. The lowest BCUT2D eigenvalue weighted by molar-refractivity contribution is 0.0952. The lowest BCUT2D eigenvalue weighted by Crippen LogP contribution is -2.18. The van der Waals surface area contributed by atoms with Gasteiger partial charge in [0.2, 0.25) is 0 Å². The monoisotopic (exact) mass is 395 g/mol. The number of aryl methyl sites for hydroxylation is 1. The number of hydrazone groups is 1. The van der Waals surface area contributed by atoms with Crippen LogP contribution in [0.2, 0.25) is 0 Å². The van der Waals surface area contributed by atoms with Crippen LogP contribution in [0.4, 0.5) is 4.39 Å². The molecule has 3 rings (SSSR count). The Morgan fingerprint density at radius 3 is 2.45 bits per heavy atom. The maximum absolute atomic E-state index is 13.2. The number of ether oxygens (including phenoxy) is 2. The Kier molecular flexibility index (Phi) is 5.97. The molecule has 1 N–H and O–H groups in total. The molecular formula is C22H22FN3O3. The van der Waals surface area contributed by atoms with Crippen LogP contribution in [0, 0.1) is 19.7 Å². The highest BCUT2D eigenvalue weighted by atomic mass is 19.1. The van der Waals surface area contributed by atoms with Gasteiger partial charge in [-0.1, -0.05) is 0 Å². The Bertz CT molecular complexity index is 1060. The second-order valence-corrected chi connectivity index (χ2v) is 6.40. The van der Waals surface area contributed by atoms with E-state index in [-0.39, 0.29) is 5.82 Å². The zero-order chi connectivity index (χ0) is 21.0. The van der Waals surface area contributed by atoms with Gasteiger partial charge in [0.1, 0.15) is 17.3 Å². The standard InChI is InChI=1S/C22H22FN3O3/c1-14-11-16(15(2)26(14)18-7-5-17(23)6-8-18)13-24-25-22(27)20-10-9-19(28-3)12-21(20)29-4/h5-13H,1-4H3,(H,25,27)/b24-13-. The molecule has 0 aliphatic heterocycles. The van der Waals surface area contributed by atoms with E-state index in [1.54, 1.807) is 43.7 Å². The summed E-state index contributed by atoms with van der Waals surface area (Å²) in [6.45, 7) is 3.89. The largest absolute Gasteiger partial charge is 0.497 e. The molecule has 0 atom stereocenters. The van der Waals surface area contributed by atoms with Gasteiger partial charge in [-0.15, -0.1) is 0 Å². The van der Waals surface area contributed by atoms with Crippen molar-refractivity contribution in [2.45, 2.75) is 13.8 Å². The summed E-state index contributed by atoms with van der Waals surface area (Å²) in [6.07, 6.45) is 1.58. The van der Waals surface area contributed by atoms with E-state index in [4.69, 9.17) is 9.47 Å². The number of hydrogen-bond donors (Lipinski definition) is 1. The van der Waals surface area contributed by atoms with E-state index in [1.807, 2.05) is 24.5 Å². The number of rotatable bonds is 6. The first-order valence-electron chi connectivity index (χ1n) is 8.95. The molecule has 7 heteroatoms. The number of halogens is 1. The zero-order valence-electron chi connectivity index (χ0n) is 16.7. The van der Waals surface area contributed by atoms with E-state index >= 15 is 0 Å². The van der Waals surface area contributed by atoms with E-state index in [1.165, 1.54) is 19.2 Å². The number of methoxy groups -OCH3 is 2. The normalized spacial score (nSPS) is 10.9. The van der Waals surface area contributed by atoms with Gasteiger partial charge in [0.25, 0.3) is 5.91 Å². The Labute approximate surface area is 168 Å². The molecule has 29 heavy (non-hydrogen) atoms. The first kappa shape index (κ1) is 20.1. The van der Waals surface area contributed by atoms with Crippen molar-refractivity contribution in [2.24, 2.45) is 5.10 Å². The van der Waals surface area contributed by atoms with Crippen LogP contribution in [-0.4, -0.2) is 30.9 Å².